The third-order valence-electron chi connectivity index (χ3n) is 1.41. The minimum atomic E-state index is 0.0297. The lowest BCUT2D eigenvalue weighted by atomic mass is 10.0. The fourth-order valence-electron chi connectivity index (χ4n) is 0.781. The molecule has 1 heterocycles. The maximum Gasteiger partial charge on any atom is 0.167 e. The number of halogens is 1. The van der Waals surface area contributed by atoms with Crippen molar-refractivity contribution >= 4 is 28.7 Å². The second-order valence-electron chi connectivity index (χ2n) is 2.63. The summed E-state index contributed by atoms with van der Waals surface area (Å²) in [5, 5.41) is 1.83. The van der Waals surface area contributed by atoms with Gasteiger partial charge in [0.2, 0.25) is 0 Å². The number of hydrogen-bond donors (Lipinski definition) is 0. The second-order valence-corrected chi connectivity index (χ2v) is 4.15. The van der Waals surface area contributed by atoms with Gasteiger partial charge < -0.3 is 0 Å². The van der Waals surface area contributed by atoms with E-state index in [1.54, 1.807) is 6.07 Å². The van der Waals surface area contributed by atoms with Gasteiger partial charge >= 0.3 is 0 Å². The Kier molecular flexibility index (Phi) is 2.68. The summed E-state index contributed by atoms with van der Waals surface area (Å²) in [6, 6.07) is 1.77. The molecule has 0 bridgehead atoms. The van der Waals surface area contributed by atoms with Crippen LogP contribution in [0.4, 0.5) is 0 Å². The zero-order valence-electron chi connectivity index (χ0n) is 6.43. The van der Waals surface area contributed by atoms with E-state index in [4.69, 9.17) is 11.6 Å². The van der Waals surface area contributed by atoms with Crippen LogP contribution in [0.5, 0.6) is 0 Å². The molecule has 1 rings (SSSR count). The molecule has 0 atom stereocenters. The van der Waals surface area contributed by atoms with Gasteiger partial charge in [-0.15, -0.1) is 11.3 Å². The van der Waals surface area contributed by atoms with Crippen LogP contribution < -0.4 is 0 Å². The molecule has 60 valence electrons. The van der Waals surface area contributed by atoms with E-state index in [1.807, 2.05) is 19.2 Å². The molecule has 0 fully saturated rings. The minimum Gasteiger partial charge on any atom is -0.294 e. The highest BCUT2D eigenvalue weighted by Gasteiger charge is 2.14. The SMILES string of the molecule is CC(C)C(=O)c1ccsc1Cl. The molecular weight excluding hydrogens is 180 g/mol. The highest BCUT2D eigenvalue weighted by molar-refractivity contribution is 7.14. The molecule has 0 saturated carbocycles. The molecule has 0 radical (unpaired) electrons. The standard InChI is InChI=1S/C8H9ClOS/c1-5(2)7(10)6-3-4-11-8(6)9/h3-5H,1-2H3. The molecule has 1 aromatic rings. The van der Waals surface area contributed by atoms with Crippen LogP contribution in [0.2, 0.25) is 4.34 Å². The lowest BCUT2D eigenvalue weighted by Crippen LogP contribution is -2.06. The largest absolute Gasteiger partial charge is 0.294 e. The van der Waals surface area contributed by atoms with Gasteiger partial charge in [-0.1, -0.05) is 25.4 Å². The molecular formula is C8H9ClOS. The van der Waals surface area contributed by atoms with E-state index in [1.165, 1.54) is 11.3 Å². The Morgan fingerprint density at radius 1 is 1.64 bits per heavy atom. The molecule has 0 aromatic carbocycles. The van der Waals surface area contributed by atoms with Gasteiger partial charge in [0, 0.05) is 11.5 Å². The second kappa shape index (κ2) is 3.37. The number of carbonyl (C=O) groups excluding carboxylic acids is 1. The summed E-state index contributed by atoms with van der Waals surface area (Å²) in [6.07, 6.45) is 0. The number of hydrogen-bond acceptors (Lipinski definition) is 2. The van der Waals surface area contributed by atoms with Gasteiger partial charge in [-0.2, -0.15) is 0 Å². The number of carbonyl (C=O) groups is 1. The van der Waals surface area contributed by atoms with Crippen molar-refractivity contribution in [2.75, 3.05) is 0 Å². The third kappa shape index (κ3) is 1.82. The first-order valence-electron chi connectivity index (χ1n) is 3.40. The zero-order chi connectivity index (χ0) is 8.43. The van der Waals surface area contributed by atoms with Gasteiger partial charge in [0.05, 0.1) is 0 Å². The summed E-state index contributed by atoms with van der Waals surface area (Å²) in [4.78, 5) is 11.3. The van der Waals surface area contributed by atoms with Crippen molar-refractivity contribution in [3.8, 4) is 0 Å². The molecule has 0 unspecified atom stereocenters. The van der Waals surface area contributed by atoms with Crippen molar-refractivity contribution in [3.05, 3.63) is 21.3 Å². The number of ketones is 1. The Balaban J connectivity index is 2.93. The van der Waals surface area contributed by atoms with Crippen molar-refractivity contribution in [2.45, 2.75) is 13.8 Å². The highest BCUT2D eigenvalue weighted by atomic mass is 35.5. The molecule has 1 nitrogen and oxygen atoms in total. The first-order valence-corrected chi connectivity index (χ1v) is 4.66. The molecule has 0 saturated heterocycles. The predicted molar refractivity (Wildman–Crippen MR) is 48.5 cm³/mol. The Morgan fingerprint density at radius 3 is 2.64 bits per heavy atom. The van der Waals surface area contributed by atoms with E-state index >= 15 is 0 Å². The van der Waals surface area contributed by atoms with Crippen LogP contribution in [0, 0.1) is 5.92 Å². The van der Waals surface area contributed by atoms with Crippen LogP contribution in [-0.2, 0) is 0 Å². The lowest BCUT2D eigenvalue weighted by Gasteiger charge is -2.00. The number of Topliss-reactive ketones (excluding diaryl/α,β-unsaturated/α-hetero) is 1. The average Bonchev–Trinajstić information content (AvgIpc) is 2.33. The Morgan fingerprint density at radius 2 is 2.27 bits per heavy atom. The van der Waals surface area contributed by atoms with Crippen LogP contribution in [0.25, 0.3) is 0 Å². The van der Waals surface area contributed by atoms with E-state index in [0.29, 0.717) is 9.90 Å². The summed E-state index contributed by atoms with van der Waals surface area (Å²) >= 11 is 7.17. The molecule has 0 aliphatic carbocycles. The Bertz CT molecular complexity index is 265. The fraction of sp³-hybridized carbons (Fsp3) is 0.375. The quantitative estimate of drug-likeness (QED) is 0.652. The molecule has 1 aromatic heterocycles. The van der Waals surface area contributed by atoms with Crippen molar-refractivity contribution in [3.63, 3.8) is 0 Å². The van der Waals surface area contributed by atoms with E-state index in [0.717, 1.165) is 0 Å². The van der Waals surface area contributed by atoms with Crippen LogP contribution in [0.3, 0.4) is 0 Å². The third-order valence-corrected chi connectivity index (χ3v) is 2.58. The van der Waals surface area contributed by atoms with Gasteiger partial charge in [0.15, 0.2) is 5.78 Å². The molecule has 0 amide bonds. The van der Waals surface area contributed by atoms with Crippen molar-refractivity contribution in [1.29, 1.82) is 0 Å². The van der Waals surface area contributed by atoms with Crippen LogP contribution >= 0.6 is 22.9 Å². The summed E-state index contributed by atoms with van der Waals surface area (Å²) in [5.74, 6) is 0.151. The van der Waals surface area contributed by atoms with Crippen LogP contribution in [0.1, 0.15) is 24.2 Å². The predicted octanol–water partition coefficient (Wildman–Crippen LogP) is 3.24. The average molecular weight is 189 g/mol. The van der Waals surface area contributed by atoms with Gasteiger partial charge in [-0.25, -0.2) is 0 Å². The van der Waals surface area contributed by atoms with Crippen LogP contribution in [-0.4, -0.2) is 5.78 Å². The monoisotopic (exact) mass is 188 g/mol. The molecule has 0 aliphatic heterocycles. The smallest absolute Gasteiger partial charge is 0.167 e. The fourth-order valence-corrected chi connectivity index (χ4v) is 1.71. The maximum atomic E-state index is 11.3. The van der Waals surface area contributed by atoms with Crippen molar-refractivity contribution in [1.82, 2.24) is 0 Å². The van der Waals surface area contributed by atoms with Crippen LogP contribution in [0.15, 0.2) is 11.4 Å². The van der Waals surface area contributed by atoms with Gasteiger partial charge in [0.25, 0.3) is 0 Å². The first kappa shape index (κ1) is 8.75. The highest BCUT2D eigenvalue weighted by Crippen LogP contribution is 2.24. The first-order chi connectivity index (χ1) is 5.13. The molecule has 0 aliphatic rings. The van der Waals surface area contributed by atoms with Crippen molar-refractivity contribution in [2.24, 2.45) is 5.92 Å². The summed E-state index contributed by atoms with van der Waals surface area (Å²) in [5.41, 5.74) is 0.659. The molecule has 0 spiro atoms. The molecule has 11 heavy (non-hydrogen) atoms. The molecule has 3 heteroatoms. The number of rotatable bonds is 2. The maximum absolute atomic E-state index is 11.3. The van der Waals surface area contributed by atoms with Gasteiger partial charge in [-0.05, 0) is 11.4 Å². The summed E-state index contributed by atoms with van der Waals surface area (Å²) in [6.45, 7) is 3.74. The minimum absolute atomic E-state index is 0.0297. The Labute approximate surface area is 75.0 Å². The zero-order valence-corrected chi connectivity index (χ0v) is 8.00. The topological polar surface area (TPSA) is 17.1 Å². The summed E-state index contributed by atoms with van der Waals surface area (Å²) in [7, 11) is 0. The van der Waals surface area contributed by atoms with E-state index in [9.17, 15) is 4.79 Å². The summed E-state index contributed by atoms with van der Waals surface area (Å²) < 4.78 is 0.601. The molecule has 0 N–H and O–H groups in total. The van der Waals surface area contributed by atoms with E-state index < -0.39 is 0 Å². The van der Waals surface area contributed by atoms with Crippen molar-refractivity contribution < 1.29 is 4.79 Å². The lowest BCUT2D eigenvalue weighted by molar-refractivity contribution is 0.0940. The van der Waals surface area contributed by atoms with E-state index in [-0.39, 0.29) is 11.7 Å². The number of thiophene rings is 1. The van der Waals surface area contributed by atoms with Gasteiger partial charge in [0.1, 0.15) is 4.34 Å². The normalized spacial score (nSPS) is 10.5. The van der Waals surface area contributed by atoms with E-state index in [2.05, 4.69) is 0 Å². The van der Waals surface area contributed by atoms with Gasteiger partial charge in [-0.3, -0.25) is 4.79 Å². The Hall–Kier alpha value is -0.340.